The van der Waals surface area contributed by atoms with E-state index in [2.05, 4.69) is 16.7 Å². The maximum atomic E-state index is 14.2. The lowest BCUT2D eigenvalue weighted by Crippen LogP contribution is -2.56. The molecule has 6 aromatic carbocycles. The molecule has 0 saturated heterocycles. The Morgan fingerprint density at radius 2 is 1.54 bits per heavy atom. The highest BCUT2D eigenvalue weighted by molar-refractivity contribution is 6.36. The van der Waals surface area contributed by atoms with E-state index < -0.39 is 41.9 Å². The number of hydrogen-bond donors (Lipinski definition) is 3. The smallest absolute Gasteiger partial charge is 0.326 e. The number of benzene rings is 6. The fraction of sp³-hybridized carbons (Fsp3) is 0.146. The van der Waals surface area contributed by atoms with Crippen LogP contribution in [0.2, 0.25) is 10.0 Å². The molecule has 11 nitrogen and oxygen atoms in total. The summed E-state index contributed by atoms with van der Waals surface area (Å²) >= 11 is 12.6. The summed E-state index contributed by atoms with van der Waals surface area (Å²) in [4.78, 5) is 55.7. The van der Waals surface area contributed by atoms with Gasteiger partial charge in [0.1, 0.15) is 30.2 Å². The number of ether oxygens (including phenoxy) is 2. The third kappa shape index (κ3) is 8.92. The van der Waals surface area contributed by atoms with E-state index in [9.17, 15) is 24.3 Å². The number of anilines is 1. The minimum atomic E-state index is -1.29. The minimum Gasteiger partial charge on any atom is -0.489 e. The van der Waals surface area contributed by atoms with Crippen LogP contribution in [0.25, 0.3) is 11.1 Å². The topological polar surface area (TPSA) is 158 Å². The van der Waals surface area contributed by atoms with Crippen molar-refractivity contribution in [3.8, 4) is 28.7 Å². The molecule has 0 bridgehead atoms. The number of amides is 3. The monoisotopic (exact) mass is 850 g/mol. The van der Waals surface area contributed by atoms with E-state index in [1.54, 1.807) is 109 Å². The van der Waals surface area contributed by atoms with Gasteiger partial charge in [0.25, 0.3) is 11.8 Å². The zero-order valence-corrected chi connectivity index (χ0v) is 33.8. The molecule has 6 aromatic rings. The van der Waals surface area contributed by atoms with Gasteiger partial charge < -0.3 is 30.1 Å². The van der Waals surface area contributed by atoms with E-state index in [1.165, 1.54) is 4.90 Å². The van der Waals surface area contributed by atoms with Crippen molar-refractivity contribution in [1.29, 1.82) is 5.26 Å². The van der Waals surface area contributed by atoms with Gasteiger partial charge in [0.15, 0.2) is 0 Å². The fourth-order valence-corrected chi connectivity index (χ4v) is 7.95. The molecule has 3 amide bonds. The van der Waals surface area contributed by atoms with Crippen LogP contribution in [0, 0.1) is 11.3 Å². The van der Waals surface area contributed by atoms with Gasteiger partial charge in [-0.05, 0) is 88.5 Å². The molecule has 304 valence electrons. The number of carboxylic acid groups (broad SMARTS) is 1. The molecular weight excluding hydrogens is 815 g/mol. The largest absolute Gasteiger partial charge is 0.489 e. The second kappa shape index (κ2) is 17.6. The zero-order chi connectivity index (χ0) is 42.6. The maximum absolute atomic E-state index is 14.2. The van der Waals surface area contributed by atoms with Crippen LogP contribution in [0.5, 0.6) is 11.5 Å². The molecule has 2 heterocycles. The lowest BCUT2D eigenvalue weighted by Gasteiger charge is -2.37. The molecule has 2 aliphatic heterocycles. The number of hydrogen-bond acceptors (Lipinski definition) is 7. The van der Waals surface area contributed by atoms with Gasteiger partial charge in [0.05, 0.1) is 17.3 Å². The first-order valence-electron chi connectivity index (χ1n) is 19.3. The highest BCUT2D eigenvalue weighted by Gasteiger charge is 2.39. The molecule has 0 spiro atoms. The normalized spacial score (nSPS) is 15.8. The summed E-state index contributed by atoms with van der Waals surface area (Å²) < 4.78 is 12.2. The van der Waals surface area contributed by atoms with Crippen LogP contribution in [0.1, 0.15) is 49.8 Å². The molecule has 3 unspecified atom stereocenters. The number of rotatable bonds is 11. The third-order valence-electron chi connectivity index (χ3n) is 10.7. The van der Waals surface area contributed by atoms with E-state index in [0.29, 0.717) is 66.2 Å². The average molecular weight is 852 g/mol. The Hall–Kier alpha value is -7.13. The highest BCUT2D eigenvalue weighted by Crippen LogP contribution is 2.40. The van der Waals surface area contributed by atoms with Crippen LogP contribution in [-0.4, -0.2) is 45.8 Å². The van der Waals surface area contributed by atoms with Gasteiger partial charge >= 0.3 is 5.97 Å². The molecule has 0 aromatic heterocycles. The molecule has 61 heavy (non-hydrogen) atoms. The van der Waals surface area contributed by atoms with Gasteiger partial charge in [-0.1, -0.05) is 96.0 Å². The molecule has 2 aliphatic rings. The molecule has 13 heteroatoms. The van der Waals surface area contributed by atoms with Crippen molar-refractivity contribution in [2.45, 2.75) is 44.2 Å². The van der Waals surface area contributed by atoms with Crippen molar-refractivity contribution in [2.75, 3.05) is 5.32 Å². The predicted octanol–water partition coefficient (Wildman–Crippen LogP) is 8.56. The number of fused-ring (bicyclic) bond motifs is 2. The van der Waals surface area contributed by atoms with Gasteiger partial charge in [-0.2, -0.15) is 5.26 Å². The summed E-state index contributed by atoms with van der Waals surface area (Å²) in [6, 6.07) is 38.4. The average Bonchev–Trinajstić information content (AvgIpc) is 3.28. The molecule has 3 N–H and O–H groups in total. The van der Waals surface area contributed by atoms with E-state index >= 15 is 0 Å². The van der Waals surface area contributed by atoms with E-state index in [1.807, 2.05) is 24.3 Å². The number of nitrogens with one attached hydrogen (secondary N) is 2. The van der Waals surface area contributed by atoms with Gasteiger partial charge in [-0.15, -0.1) is 0 Å². The van der Waals surface area contributed by atoms with Gasteiger partial charge in [0.2, 0.25) is 12.0 Å². The summed E-state index contributed by atoms with van der Waals surface area (Å²) in [7, 11) is 0. The Morgan fingerprint density at radius 1 is 0.869 bits per heavy atom. The first-order valence-corrected chi connectivity index (χ1v) is 20.1. The third-order valence-corrected chi connectivity index (χ3v) is 11.4. The van der Waals surface area contributed by atoms with Crippen molar-refractivity contribution < 1.29 is 33.8 Å². The molecule has 0 fully saturated rings. The zero-order valence-electron chi connectivity index (χ0n) is 32.3. The quantitative estimate of drug-likeness (QED) is 0.117. The number of aliphatic carboxylic acids is 1. The molecular formula is C48H36Cl2N4O7. The summed E-state index contributed by atoms with van der Waals surface area (Å²) in [6.45, 7) is 0.174. The number of carbonyl (C=O) groups is 4. The minimum absolute atomic E-state index is 0.00408. The Balaban J connectivity index is 0.996. The van der Waals surface area contributed by atoms with Crippen LogP contribution in [0.15, 0.2) is 133 Å². The lowest BCUT2D eigenvalue weighted by atomic mass is 9.91. The van der Waals surface area contributed by atoms with Crippen LogP contribution < -0.4 is 20.1 Å². The lowest BCUT2D eigenvalue weighted by molar-refractivity contribution is -0.142. The van der Waals surface area contributed by atoms with Crippen molar-refractivity contribution in [3.05, 3.63) is 182 Å². The van der Waals surface area contributed by atoms with E-state index in [-0.39, 0.29) is 26.0 Å². The Labute approximate surface area is 361 Å². The Kier molecular flexibility index (Phi) is 11.7. The Morgan fingerprint density at radius 3 is 2.20 bits per heavy atom. The van der Waals surface area contributed by atoms with Crippen molar-refractivity contribution in [3.63, 3.8) is 0 Å². The van der Waals surface area contributed by atoms with Gasteiger partial charge in [0, 0.05) is 46.1 Å². The molecule has 0 aliphatic carbocycles. The number of carboxylic acids is 1. The predicted molar refractivity (Wildman–Crippen MR) is 229 cm³/mol. The van der Waals surface area contributed by atoms with E-state index in [4.69, 9.17) is 37.9 Å². The van der Waals surface area contributed by atoms with Crippen molar-refractivity contribution in [2.24, 2.45) is 0 Å². The van der Waals surface area contributed by atoms with Crippen LogP contribution >= 0.6 is 23.2 Å². The fourth-order valence-electron chi connectivity index (χ4n) is 7.44. The van der Waals surface area contributed by atoms with Crippen LogP contribution in [0.4, 0.5) is 5.69 Å². The number of carbonyl (C=O) groups excluding carboxylic acids is 3. The summed E-state index contributed by atoms with van der Waals surface area (Å²) in [6.07, 6.45) is -0.934. The molecule has 0 radical (unpaired) electrons. The Bertz CT molecular complexity index is 2670. The van der Waals surface area contributed by atoms with Crippen LogP contribution in [-0.2, 0) is 40.4 Å². The standard InChI is InChI=1S/C48H36Cl2N4O7/c49-38-7-4-8-39(50)37(38)27-60-36-19-17-32(18-20-36)44-46(56)52-40-22-34-23-42(54(26-35(34)24-43(40)61-44)47(57)33-5-2-1-3-6-33)45(55)53-41(48(58)59)21-28-9-13-30(14-10-28)31-15-11-29(25-51)12-16-31/h1-20,22,24,41-42,44H,21,23,26-27H2,(H,52,56)(H,53,55)(H,58,59). The first kappa shape index (κ1) is 40.6. The summed E-state index contributed by atoms with van der Waals surface area (Å²) in [5, 5.41) is 26.0. The maximum Gasteiger partial charge on any atom is 0.326 e. The van der Waals surface area contributed by atoms with Gasteiger partial charge in [-0.3, -0.25) is 14.4 Å². The van der Waals surface area contributed by atoms with E-state index in [0.717, 1.165) is 11.1 Å². The number of nitriles is 1. The SMILES string of the molecule is N#Cc1ccc(-c2ccc(CC(NC(=O)C3Cc4cc5c(cc4CN3C(=O)c3ccccc3)OC(c3ccc(OCc4c(Cl)cccc4Cl)cc3)C(=O)N5)C(=O)O)cc2)cc1. The first-order chi connectivity index (χ1) is 29.5. The van der Waals surface area contributed by atoms with Gasteiger partial charge in [-0.25, -0.2) is 4.79 Å². The van der Waals surface area contributed by atoms with Crippen molar-refractivity contribution in [1.82, 2.24) is 10.2 Å². The number of halogens is 2. The summed E-state index contributed by atoms with van der Waals surface area (Å²) in [5.74, 6) is -1.73. The van der Waals surface area contributed by atoms with Crippen LogP contribution in [0.3, 0.4) is 0 Å². The number of nitrogens with zero attached hydrogens (tertiary/aromatic N) is 2. The second-order valence-corrected chi connectivity index (χ2v) is 15.5. The van der Waals surface area contributed by atoms with Crippen molar-refractivity contribution >= 4 is 52.6 Å². The summed E-state index contributed by atoms with van der Waals surface area (Å²) in [5.41, 5.74) is 6.43. The second-order valence-electron chi connectivity index (χ2n) is 14.7. The molecule has 0 saturated carbocycles. The highest BCUT2D eigenvalue weighted by atomic mass is 35.5. The molecule has 3 atom stereocenters. The molecule has 8 rings (SSSR count).